The molecule has 5 heteroatoms. The molecule has 134 valence electrons. The minimum absolute atomic E-state index is 0.0968. The maximum absolute atomic E-state index is 12.5. The molecule has 0 aliphatic heterocycles. The standard InChI is InChI=1S/C21H21NO4/c1-24-18-7-6-16(11-20(18)25-2)22-21(23)10-15-12-26-19-9-14-5-3-4-13(14)8-17(15)19/h6-9,11-12H,3-5,10H2,1-2H3,(H,22,23). The minimum Gasteiger partial charge on any atom is -0.493 e. The SMILES string of the molecule is COc1ccc(NC(=O)Cc2coc3cc4c(cc23)CCC4)cc1OC. The molecule has 1 N–H and O–H groups in total. The topological polar surface area (TPSA) is 60.7 Å². The van der Waals surface area contributed by atoms with Crippen molar-refractivity contribution < 1.29 is 18.7 Å². The first-order chi connectivity index (χ1) is 12.7. The smallest absolute Gasteiger partial charge is 0.228 e. The quantitative estimate of drug-likeness (QED) is 0.751. The first-order valence-electron chi connectivity index (χ1n) is 8.71. The van der Waals surface area contributed by atoms with Crippen molar-refractivity contribution in [1.29, 1.82) is 0 Å². The highest BCUT2D eigenvalue weighted by Gasteiger charge is 2.17. The molecule has 5 nitrogen and oxygen atoms in total. The van der Waals surface area contributed by atoms with Crippen LogP contribution in [-0.2, 0) is 24.1 Å². The van der Waals surface area contributed by atoms with Gasteiger partial charge in [0.15, 0.2) is 11.5 Å². The number of methoxy groups -OCH3 is 2. The van der Waals surface area contributed by atoms with E-state index < -0.39 is 0 Å². The van der Waals surface area contributed by atoms with Gasteiger partial charge in [-0.15, -0.1) is 0 Å². The van der Waals surface area contributed by atoms with Gasteiger partial charge in [-0.05, 0) is 54.7 Å². The molecule has 2 aromatic carbocycles. The third kappa shape index (κ3) is 3.01. The van der Waals surface area contributed by atoms with E-state index in [1.54, 1.807) is 38.7 Å². The number of furan rings is 1. The number of benzene rings is 2. The fourth-order valence-corrected chi connectivity index (χ4v) is 3.58. The van der Waals surface area contributed by atoms with Crippen LogP contribution in [0, 0.1) is 0 Å². The normalized spacial score (nSPS) is 12.8. The van der Waals surface area contributed by atoms with Crippen LogP contribution in [0.3, 0.4) is 0 Å². The average molecular weight is 351 g/mol. The van der Waals surface area contributed by atoms with E-state index in [1.807, 2.05) is 0 Å². The van der Waals surface area contributed by atoms with Crippen LogP contribution in [0.15, 0.2) is 41.0 Å². The second-order valence-electron chi connectivity index (χ2n) is 6.53. The molecule has 0 atom stereocenters. The van der Waals surface area contributed by atoms with Crippen LogP contribution in [0.4, 0.5) is 5.69 Å². The molecular weight excluding hydrogens is 330 g/mol. The zero-order chi connectivity index (χ0) is 18.1. The highest BCUT2D eigenvalue weighted by Crippen LogP contribution is 2.32. The third-order valence-electron chi connectivity index (χ3n) is 4.89. The summed E-state index contributed by atoms with van der Waals surface area (Å²) in [5.74, 6) is 1.11. The van der Waals surface area contributed by atoms with Gasteiger partial charge < -0.3 is 19.2 Å². The van der Waals surface area contributed by atoms with Crippen molar-refractivity contribution in [1.82, 2.24) is 0 Å². The zero-order valence-corrected chi connectivity index (χ0v) is 14.9. The lowest BCUT2D eigenvalue weighted by molar-refractivity contribution is -0.115. The molecule has 0 spiro atoms. The van der Waals surface area contributed by atoms with Gasteiger partial charge in [-0.2, -0.15) is 0 Å². The van der Waals surface area contributed by atoms with Gasteiger partial charge in [0.25, 0.3) is 0 Å². The molecule has 1 aliphatic rings. The molecule has 0 saturated carbocycles. The number of carbonyl (C=O) groups is 1. The molecule has 3 aromatic rings. The lowest BCUT2D eigenvalue weighted by Gasteiger charge is -2.10. The zero-order valence-electron chi connectivity index (χ0n) is 14.9. The van der Waals surface area contributed by atoms with Gasteiger partial charge in [0.2, 0.25) is 5.91 Å². The van der Waals surface area contributed by atoms with Crippen LogP contribution in [0.25, 0.3) is 11.0 Å². The number of rotatable bonds is 5. The Kier molecular flexibility index (Phi) is 4.29. The Morgan fingerprint density at radius 1 is 1.08 bits per heavy atom. The van der Waals surface area contributed by atoms with Gasteiger partial charge in [0.05, 0.1) is 26.9 Å². The molecule has 1 heterocycles. The highest BCUT2D eigenvalue weighted by molar-refractivity contribution is 5.95. The summed E-state index contributed by atoms with van der Waals surface area (Å²) in [4.78, 5) is 12.5. The first kappa shape index (κ1) is 16.5. The van der Waals surface area contributed by atoms with Crippen molar-refractivity contribution in [2.75, 3.05) is 19.5 Å². The number of hydrogen-bond donors (Lipinski definition) is 1. The number of hydrogen-bond acceptors (Lipinski definition) is 4. The second-order valence-corrected chi connectivity index (χ2v) is 6.53. The van der Waals surface area contributed by atoms with Crippen LogP contribution in [0.1, 0.15) is 23.1 Å². The van der Waals surface area contributed by atoms with Crippen LogP contribution in [0.2, 0.25) is 0 Å². The van der Waals surface area contributed by atoms with Crippen molar-refractivity contribution in [3.05, 3.63) is 53.3 Å². The maximum Gasteiger partial charge on any atom is 0.228 e. The summed E-state index contributed by atoms with van der Waals surface area (Å²) in [6.07, 6.45) is 5.36. The number of anilines is 1. The fourth-order valence-electron chi connectivity index (χ4n) is 3.58. The summed E-state index contributed by atoms with van der Waals surface area (Å²) >= 11 is 0. The first-order valence-corrected chi connectivity index (χ1v) is 8.71. The molecule has 0 unspecified atom stereocenters. The van der Waals surface area contributed by atoms with Crippen molar-refractivity contribution in [2.24, 2.45) is 0 Å². The molecule has 0 radical (unpaired) electrons. The van der Waals surface area contributed by atoms with Crippen molar-refractivity contribution in [3.63, 3.8) is 0 Å². The number of carbonyl (C=O) groups excluding carboxylic acids is 1. The predicted octanol–water partition coefficient (Wildman–Crippen LogP) is 4.12. The Morgan fingerprint density at radius 3 is 2.62 bits per heavy atom. The van der Waals surface area contributed by atoms with Crippen LogP contribution in [-0.4, -0.2) is 20.1 Å². The van der Waals surface area contributed by atoms with Crippen LogP contribution < -0.4 is 14.8 Å². The summed E-state index contributed by atoms with van der Waals surface area (Å²) in [5.41, 5.74) is 5.18. The van der Waals surface area contributed by atoms with E-state index in [0.717, 1.165) is 29.4 Å². The number of nitrogens with one attached hydrogen (secondary N) is 1. The van der Waals surface area contributed by atoms with Gasteiger partial charge in [-0.1, -0.05) is 0 Å². The summed E-state index contributed by atoms with van der Waals surface area (Å²) < 4.78 is 16.2. The summed E-state index contributed by atoms with van der Waals surface area (Å²) in [6.45, 7) is 0. The summed E-state index contributed by atoms with van der Waals surface area (Å²) in [5, 5.41) is 3.94. The van der Waals surface area contributed by atoms with Crippen molar-refractivity contribution >= 4 is 22.6 Å². The number of fused-ring (bicyclic) bond motifs is 2. The van der Waals surface area contributed by atoms with Gasteiger partial charge >= 0.3 is 0 Å². The maximum atomic E-state index is 12.5. The molecule has 1 aromatic heterocycles. The highest BCUT2D eigenvalue weighted by atomic mass is 16.5. The lowest BCUT2D eigenvalue weighted by Crippen LogP contribution is -2.14. The molecule has 1 amide bonds. The van der Waals surface area contributed by atoms with Gasteiger partial charge in [0, 0.05) is 22.7 Å². The van der Waals surface area contributed by atoms with E-state index in [4.69, 9.17) is 13.9 Å². The number of aryl methyl sites for hydroxylation is 2. The average Bonchev–Trinajstić information content (AvgIpc) is 3.26. The van der Waals surface area contributed by atoms with E-state index in [-0.39, 0.29) is 12.3 Å². The summed E-state index contributed by atoms with van der Waals surface area (Å²) in [7, 11) is 3.15. The second kappa shape index (κ2) is 6.75. The van der Waals surface area contributed by atoms with E-state index in [1.165, 1.54) is 17.5 Å². The van der Waals surface area contributed by atoms with E-state index in [2.05, 4.69) is 17.4 Å². The van der Waals surface area contributed by atoms with E-state index >= 15 is 0 Å². The summed E-state index contributed by atoms with van der Waals surface area (Å²) in [6, 6.07) is 9.61. The lowest BCUT2D eigenvalue weighted by atomic mass is 10.0. The Hall–Kier alpha value is -2.95. The van der Waals surface area contributed by atoms with Crippen molar-refractivity contribution in [3.8, 4) is 11.5 Å². The Bertz CT molecular complexity index is 974. The Morgan fingerprint density at radius 2 is 1.85 bits per heavy atom. The largest absolute Gasteiger partial charge is 0.493 e. The number of ether oxygens (including phenoxy) is 2. The van der Waals surface area contributed by atoms with E-state index in [0.29, 0.717) is 17.2 Å². The molecule has 26 heavy (non-hydrogen) atoms. The van der Waals surface area contributed by atoms with Crippen molar-refractivity contribution in [2.45, 2.75) is 25.7 Å². The monoisotopic (exact) mass is 351 g/mol. The van der Waals surface area contributed by atoms with Crippen LogP contribution in [0.5, 0.6) is 11.5 Å². The van der Waals surface area contributed by atoms with Gasteiger partial charge in [-0.3, -0.25) is 4.79 Å². The molecule has 0 saturated heterocycles. The minimum atomic E-state index is -0.0968. The molecule has 1 aliphatic carbocycles. The predicted molar refractivity (Wildman–Crippen MR) is 100 cm³/mol. The third-order valence-corrected chi connectivity index (χ3v) is 4.89. The van der Waals surface area contributed by atoms with Gasteiger partial charge in [-0.25, -0.2) is 0 Å². The van der Waals surface area contributed by atoms with Gasteiger partial charge in [0.1, 0.15) is 5.58 Å². The fraction of sp³-hybridized carbons (Fsp3) is 0.286. The number of amides is 1. The van der Waals surface area contributed by atoms with E-state index in [9.17, 15) is 4.79 Å². The Balaban J connectivity index is 1.53. The molecular formula is C21H21NO4. The Labute approximate surface area is 151 Å². The molecule has 0 fully saturated rings. The molecule has 0 bridgehead atoms. The van der Waals surface area contributed by atoms with Crippen LogP contribution >= 0.6 is 0 Å². The molecule has 4 rings (SSSR count).